The minimum absolute atomic E-state index is 0.193. The van der Waals surface area contributed by atoms with E-state index in [0.717, 1.165) is 5.56 Å². The number of nitrogens with two attached hydrogens (primary N) is 1. The summed E-state index contributed by atoms with van der Waals surface area (Å²) in [6.45, 7) is 0.0151. The van der Waals surface area contributed by atoms with Crippen LogP contribution in [0, 0.1) is 0 Å². The van der Waals surface area contributed by atoms with E-state index in [-0.39, 0.29) is 6.79 Å². The number of fused-ring (bicyclic) bond motifs is 1. The van der Waals surface area contributed by atoms with E-state index >= 15 is 0 Å². The predicted octanol–water partition coefficient (Wildman–Crippen LogP) is 1.34. The van der Waals surface area contributed by atoms with E-state index in [4.69, 9.17) is 15.2 Å². The van der Waals surface area contributed by atoms with Crippen LogP contribution in [0.5, 0.6) is 11.5 Å². The molecule has 0 atom stereocenters. The van der Waals surface area contributed by atoms with Gasteiger partial charge in [0.1, 0.15) is 6.67 Å². The fraction of sp³-hybridized carbons (Fsp3) is 0.333. The molecule has 0 aliphatic carbocycles. The highest BCUT2D eigenvalue weighted by Gasteiger charge is 2.18. The first kappa shape index (κ1) is 8.31. The van der Waals surface area contributed by atoms with E-state index in [9.17, 15) is 4.39 Å². The molecule has 3 nitrogen and oxygen atoms in total. The highest BCUT2D eigenvalue weighted by atomic mass is 19.1. The average molecular weight is 183 g/mol. The highest BCUT2D eigenvalue weighted by molar-refractivity contribution is 5.50. The van der Waals surface area contributed by atoms with E-state index in [1.807, 2.05) is 0 Å². The summed E-state index contributed by atoms with van der Waals surface area (Å²) in [4.78, 5) is 0. The molecule has 1 aromatic rings. The smallest absolute Gasteiger partial charge is 0.231 e. The van der Waals surface area contributed by atoms with Crippen LogP contribution in [0.25, 0.3) is 0 Å². The topological polar surface area (TPSA) is 44.5 Å². The molecule has 0 amide bonds. The summed E-state index contributed by atoms with van der Waals surface area (Å²) >= 11 is 0. The predicted molar refractivity (Wildman–Crippen MR) is 45.3 cm³/mol. The van der Waals surface area contributed by atoms with Gasteiger partial charge in [0, 0.05) is 12.1 Å². The molecule has 0 saturated heterocycles. The van der Waals surface area contributed by atoms with Crippen molar-refractivity contribution < 1.29 is 13.9 Å². The minimum atomic E-state index is -0.510. The Bertz CT molecular complexity index is 328. The molecule has 0 spiro atoms. The molecule has 0 fully saturated rings. The molecule has 2 N–H and O–H groups in total. The third-order valence-corrected chi connectivity index (χ3v) is 1.98. The largest absolute Gasteiger partial charge is 0.454 e. The van der Waals surface area contributed by atoms with Gasteiger partial charge >= 0.3 is 0 Å². The van der Waals surface area contributed by atoms with Gasteiger partial charge in [-0.2, -0.15) is 0 Å². The van der Waals surface area contributed by atoms with Crippen LogP contribution in [0.15, 0.2) is 12.1 Å². The Kier molecular flexibility index (Phi) is 2.06. The van der Waals surface area contributed by atoms with Crippen molar-refractivity contribution in [1.82, 2.24) is 0 Å². The number of benzene rings is 1. The van der Waals surface area contributed by atoms with Crippen LogP contribution >= 0.6 is 0 Å². The zero-order chi connectivity index (χ0) is 9.26. The molecule has 70 valence electrons. The van der Waals surface area contributed by atoms with Crippen LogP contribution in [0.1, 0.15) is 11.1 Å². The maximum Gasteiger partial charge on any atom is 0.231 e. The van der Waals surface area contributed by atoms with Crippen molar-refractivity contribution in [1.29, 1.82) is 0 Å². The Labute approximate surface area is 75.3 Å². The number of halogens is 1. The SMILES string of the molecule is NCc1cc(CF)cc2c1OCO2. The zero-order valence-corrected chi connectivity index (χ0v) is 7.05. The first-order valence-corrected chi connectivity index (χ1v) is 4.02. The molecule has 13 heavy (non-hydrogen) atoms. The molecule has 4 heteroatoms. The summed E-state index contributed by atoms with van der Waals surface area (Å²) in [5.41, 5.74) is 6.86. The lowest BCUT2D eigenvalue weighted by Crippen LogP contribution is -1.99. The number of alkyl halides is 1. The standard InChI is InChI=1S/C9H10FNO2/c10-3-6-1-7(4-11)9-8(2-6)12-5-13-9/h1-2H,3-5,11H2. The summed E-state index contributed by atoms with van der Waals surface area (Å²) in [5, 5.41) is 0. The van der Waals surface area contributed by atoms with Gasteiger partial charge in [-0.25, -0.2) is 4.39 Å². The summed E-state index contributed by atoms with van der Waals surface area (Å²) < 4.78 is 22.7. The van der Waals surface area contributed by atoms with Gasteiger partial charge in [-0.3, -0.25) is 0 Å². The molecule has 0 radical (unpaired) electrons. The molecule has 0 aromatic heterocycles. The number of hydrogen-bond donors (Lipinski definition) is 1. The van der Waals surface area contributed by atoms with Crippen LogP contribution < -0.4 is 15.2 Å². The molecule has 0 unspecified atom stereocenters. The Balaban J connectivity index is 2.49. The molecule has 1 aromatic carbocycles. The normalized spacial score (nSPS) is 13.4. The van der Waals surface area contributed by atoms with Gasteiger partial charge < -0.3 is 15.2 Å². The summed E-state index contributed by atoms with van der Waals surface area (Å²) in [7, 11) is 0. The van der Waals surface area contributed by atoms with Crippen molar-refractivity contribution in [3.63, 3.8) is 0 Å². The van der Waals surface area contributed by atoms with Crippen LogP contribution in [0.3, 0.4) is 0 Å². The van der Waals surface area contributed by atoms with Crippen molar-refractivity contribution in [3.8, 4) is 11.5 Å². The molecule has 2 rings (SSSR count). The molecule has 1 heterocycles. The lowest BCUT2D eigenvalue weighted by molar-refractivity contribution is 0.173. The maximum absolute atomic E-state index is 12.4. The van der Waals surface area contributed by atoms with Crippen LogP contribution in [0.2, 0.25) is 0 Å². The maximum atomic E-state index is 12.4. The highest BCUT2D eigenvalue weighted by Crippen LogP contribution is 2.36. The summed E-state index contributed by atoms with van der Waals surface area (Å²) in [5.74, 6) is 1.25. The summed E-state index contributed by atoms with van der Waals surface area (Å²) in [6, 6.07) is 3.34. The second kappa shape index (κ2) is 3.22. The fourth-order valence-corrected chi connectivity index (χ4v) is 1.37. The monoisotopic (exact) mass is 183 g/mol. The van der Waals surface area contributed by atoms with Gasteiger partial charge in [0.2, 0.25) is 6.79 Å². The second-order valence-corrected chi connectivity index (χ2v) is 2.83. The van der Waals surface area contributed by atoms with Gasteiger partial charge in [-0.15, -0.1) is 0 Å². The third kappa shape index (κ3) is 1.33. The number of ether oxygens (including phenoxy) is 2. The van der Waals surface area contributed by atoms with Crippen LogP contribution in [-0.4, -0.2) is 6.79 Å². The van der Waals surface area contributed by atoms with E-state index < -0.39 is 6.67 Å². The van der Waals surface area contributed by atoms with E-state index in [0.29, 0.717) is 23.6 Å². The van der Waals surface area contributed by atoms with Gasteiger partial charge in [0.25, 0.3) is 0 Å². The Morgan fingerprint density at radius 3 is 2.92 bits per heavy atom. The molecule has 0 saturated carbocycles. The molecule has 1 aliphatic rings. The Morgan fingerprint density at radius 1 is 1.38 bits per heavy atom. The minimum Gasteiger partial charge on any atom is -0.454 e. The lowest BCUT2D eigenvalue weighted by Gasteiger charge is -2.04. The fourth-order valence-electron chi connectivity index (χ4n) is 1.37. The quantitative estimate of drug-likeness (QED) is 0.752. The second-order valence-electron chi connectivity index (χ2n) is 2.83. The average Bonchev–Trinajstić information content (AvgIpc) is 2.63. The number of rotatable bonds is 2. The molecule has 1 aliphatic heterocycles. The molecular weight excluding hydrogens is 173 g/mol. The Morgan fingerprint density at radius 2 is 2.23 bits per heavy atom. The van der Waals surface area contributed by atoms with Crippen molar-refractivity contribution in [3.05, 3.63) is 23.3 Å². The zero-order valence-electron chi connectivity index (χ0n) is 7.05. The van der Waals surface area contributed by atoms with E-state index in [1.54, 1.807) is 12.1 Å². The van der Waals surface area contributed by atoms with Crippen LogP contribution in [-0.2, 0) is 13.2 Å². The summed E-state index contributed by atoms with van der Waals surface area (Å²) in [6.07, 6.45) is 0. The first-order valence-electron chi connectivity index (χ1n) is 4.02. The first-order chi connectivity index (χ1) is 6.35. The van der Waals surface area contributed by atoms with Crippen LogP contribution in [0.4, 0.5) is 4.39 Å². The number of hydrogen-bond acceptors (Lipinski definition) is 3. The van der Waals surface area contributed by atoms with Gasteiger partial charge in [0.15, 0.2) is 11.5 Å². The third-order valence-electron chi connectivity index (χ3n) is 1.98. The van der Waals surface area contributed by atoms with Gasteiger partial charge in [-0.1, -0.05) is 0 Å². The molecule has 0 bridgehead atoms. The lowest BCUT2D eigenvalue weighted by atomic mass is 10.1. The Hall–Kier alpha value is -1.29. The van der Waals surface area contributed by atoms with Gasteiger partial charge in [-0.05, 0) is 17.7 Å². The van der Waals surface area contributed by atoms with Crippen molar-refractivity contribution in [2.45, 2.75) is 13.2 Å². The van der Waals surface area contributed by atoms with Crippen molar-refractivity contribution in [2.75, 3.05) is 6.79 Å². The van der Waals surface area contributed by atoms with E-state index in [2.05, 4.69) is 0 Å². The van der Waals surface area contributed by atoms with Crippen molar-refractivity contribution in [2.24, 2.45) is 5.73 Å². The van der Waals surface area contributed by atoms with Gasteiger partial charge in [0.05, 0.1) is 0 Å². The molecular formula is C9H10FNO2. The van der Waals surface area contributed by atoms with Crippen molar-refractivity contribution >= 4 is 0 Å². The van der Waals surface area contributed by atoms with E-state index in [1.165, 1.54) is 0 Å².